The topological polar surface area (TPSA) is 67.6 Å². The van der Waals surface area contributed by atoms with Crippen molar-refractivity contribution in [3.05, 3.63) is 82.6 Å². The Morgan fingerprint density at radius 2 is 1.91 bits per heavy atom. The Bertz CT molecular complexity index is 1080. The maximum Gasteiger partial charge on any atom is 0.324 e. The fourth-order valence-corrected chi connectivity index (χ4v) is 3.71. The smallest absolute Gasteiger partial charge is 0.324 e. The minimum atomic E-state index is -0.142. The summed E-state index contributed by atoms with van der Waals surface area (Å²) in [6.07, 6.45) is 4.79. The molecule has 0 bridgehead atoms. The summed E-state index contributed by atoms with van der Waals surface area (Å²) in [6.45, 7) is 5.75. The second-order valence-corrected chi connectivity index (χ2v) is 8.10. The summed E-state index contributed by atoms with van der Waals surface area (Å²) in [7, 11) is 0. The number of nitrogens with one attached hydrogen (secondary N) is 1. The molecule has 0 aliphatic carbocycles. The molecule has 1 fully saturated rings. The molecular formula is C26H29N3O3. The van der Waals surface area contributed by atoms with Gasteiger partial charge in [-0.05, 0) is 49.9 Å². The van der Waals surface area contributed by atoms with E-state index in [1.165, 1.54) is 11.1 Å². The third-order valence-electron chi connectivity index (χ3n) is 5.80. The van der Waals surface area contributed by atoms with Crippen LogP contribution in [-0.4, -0.2) is 35.8 Å². The van der Waals surface area contributed by atoms with E-state index in [9.17, 15) is 4.79 Å². The number of nitrogens with zero attached hydrogens (tertiary/aromatic N) is 2. The lowest BCUT2D eigenvalue weighted by atomic mass is 10.0. The summed E-state index contributed by atoms with van der Waals surface area (Å²) in [6, 6.07) is 18.4. The number of ether oxygens (including phenoxy) is 1. The number of hydrogen-bond acceptors (Lipinski definition) is 4. The highest BCUT2D eigenvalue weighted by atomic mass is 16.5. The van der Waals surface area contributed by atoms with Gasteiger partial charge in [0, 0.05) is 25.1 Å². The lowest BCUT2D eigenvalue weighted by Crippen LogP contribution is -2.39. The van der Waals surface area contributed by atoms with Crippen LogP contribution < -0.4 is 10.1 Å². The van der Waals surface area contributed by atoms with Gasteiger partial charge < -0.3 is 14.2 Å². The molecule has 3 aromatic rings. The molecule has 32 heavy (non-hydrogen) atoms. The average molecular weight is 432 g/mol. The number of carbonyl (C=O) groups excluding carboxylic acids is 1. The summed E-state index contributed by atoms with van der Waals surface area (Å²) < 4.78 is 11.1. The van der Waals surface area contributed by atoms with Gasteiger partial charge in [0.25, 0.3) is 0 Å². The van der Waals surface area contributed by atoms with E-state index < -0.39 is 0 Å². The number of rotatable bonds is 6. The largest absolute Gasteiger partial charge is 0.493 e. The number of aryl methyl sites for hydroxylation is 1. The van der Waals surface area contributed by atoms with E-state index in [1.54, 1.807) is 0 Å². The van der Waals surface area contributed by atoms with Crippen molar-refractivity contribution < 1.29 is 14.1 Å². The van der Waals surface area contributed by atoms with E-state index >= 15 is 0 Å². The molecule has 1 N–H and O–H groups in total. The van der Waals surface area contributed by atoms with Gasteiger partial charge in [-0.1, -0.05) is 59.3 Å². The molecule has 1 saturated heterocycles. The molecule has 0 radical (unpaired) electrons. The number of aromatic nitrogens is 1. The van der Waals surface area contributed by atoms with Gasteiger partial charge in [-0.2, -0.15) is 0 Å². The van der Waals surface area contributed by atoms with Crippen LogP contribution in [0.2, 0.25) is 0 Å². The van der Waals surface area contributed by atoms with E-state index in [0.717, 1.165) is 41.8 Å². The quantitative estimate of drug-likeness (QED) is 0.550. The molecule has 2 amide bonds. The average Bonchev–Trinajstić information content (AvgIpc) is 3.13. The molecule has 0 atom stereocenters. The third kappa shape index (κ3) is 5.58. The zero-order valence-corrected chi connectivity index (χ0v) is 18.6. The highest BCUT2D eigenvalue weighted by molar-refractivity contribution is 5.88. The van der Waals surface area contributed by atoms with E-state index in [4.69, 9.17) is 9.26 Å². The van der Waals surface area contributed by atoms with Gasteiger partial charge in [0.05, 0.1) is 12.3 Å². The Morgan fingerprint density at radius 1 is 1.12 bits per heavy atom. The monoisotopic (exact) mass is 431 g/mol. The van der Waals surface area contributed by atoms with Crippen LogP contribution in [0, 0.1) is 13.8 Å². The zero-order chi connectivity index (χ0) is 22.3. The van der Waals surface area contributed by atoms with Crippen LogP contribution in [0.5, 0.6) is 5.75 Å². The minimum Gasteiger partial charge on any atom is -0.493 e. The number of benzene rings is 2. The van der Waals surface area contributed by atoms with Gasteiger partial charge in [0.15, 0.2) is 0 Å². The fourth-order valence-electron chi connectivity index (χ4n) is 3.71. The lowest BCUT2D eigenvalue weighted by Gasteiger charge is -2.28. The van der Waals surface area contributed by atoms with Gasteiger partial charge in [-0.25, -0.2) is 4.79 Å². The van der Waals surface area contributed by atoms with Crippen LogP contribution in [0.1, 0.15) is 35.2 Å². The second-order valence-electron chi connectivity index (χ2n) is 8.10. The van der Waals surface area contributed by atoms with E-state index in [2.05, 4.69) is 40.8 Å². The molecule has 2 aromatic carbocycles. The SMILES string of the molecule is Cc1noc(NC(=O)N2CCC(=Cc3cccc(OCCc4ccccc4)c3)CC2)c1C. The number of urea groups is 1. The van der Waals surface area contributed by atoms with Crippen LogP contribution in [-0.2, 0) is 6.42 Å². The number of piperidine rings is 1. The molecule has 6 nitrogen and oxygen atoms in total. The fraction of sp³-hybridized carbons (Fsp3) is 0.308. The van der Waals surface area contributed by atoms with Gasteiger partial charge in [0.1, 0.15) is 5.75 Å². The van der Waals surface area contributed by atoms with Gasteiger partial charge in [-0.15, -0.1) is 0 Å². The highest BCUT2D eigenvalue weighted by Gasteiger charge is 2.21. The van der Waals surface area contributed by atoms with Crippen molar-refractivity contribution in [2.24, 2.45) is 0 Å². The van der Waals surface area contributed by atoms with Crippen LogP contribution in [0.25, 0.3) is 6.08 Å². The van der Waals surface area contributed by atoms with Gasteiger partial charge >= 0.3 is 6.03 Å². The minimum absolute atomic E-state index is 0.142. The van der Waals surface area contributed by atoms with Crippen LogP contribution in [0.3, 0.4) is 0 Å². The molecule has 166 valence electrons. The summed E-state index contributed by atoms with van der Waals surface area (Å²) in [5.74, 6) is 1.31. The Balaban J connectivity index is 1.28. The molecule has 1 aliphatic heterocycles. The normalized spacial score (nSPS) is 13.7. The summed E-state index contributed by atoms with van der Waals surface area (Å²) >= 11 is 0. The molecule has 1 aliphatic rings. The second kappa shape index (κ2) is 10.2. The first-order chi connectivity index (χ1) is 15.6. The van der Waals surface area contributed by atoms with Crippen molar-refractivity contribution in [1.82, 2.24) is 10.1 Å². The number of anilines is 1. The van der Waals surface area contributed by atoms with Crippen LogP contribution in [0.4, 0.5) is 10.7 Å². The molecule has 0 unspecified atom stereocenters. The molecule has 4 rings (SSSR count). The van der Waals surface area contributed by atoms with E-state index in [0.29, 0.717) is 25.6 Å². The first-order valence-corrected chi connectivity index (χ1v) is 11.0. The maximum absolute atomic E-state index is 12.5. The Hall–Kier alpha value is -3.54. The van der Waals surface area contributed by atoms with E-state index in [-0.39, 0.29) is 6.03 Å². The van der Waals surface area contributed by atoms with Crippen molar-refractivity contribution in [3.63, 3.8) is 0 Å². The number of likely N-dealkylation sites (tertiary alicyclic amines) is 1. The number of hydrogen-bond donors (Lipinski definition) is 1. The van der Waals surface area contributed by atoms with Crippen molar-refractivity contribution in [2.45, 2.75) is 33.1 Å². The third-order valence-corrected chi connectivity index (χ3v) is 5.80. The lowest BCUT2D eigenvalue weighted by molar-refractivity contribution is 0.207. The number of carbonyl (C=O) groups is 1. The predicted octanol–water partition coefficient (Wildman–Crippen LogP) is 5.62. The molecule has 0 saturated carbocycles. The molecular weight excluding hydrogens is 402 g/mol. The molecule has 1 aromatic heterocycles. The van der Waals surface area contributed by atoms with Crippen molar-refractivity contribution >= 4 is 18.0 Å². The van der Waals surface area contributed by atoms with Crippen molar-refractivity contribution in [1.29, 1.82) is 0 Å². The molecule has 0 spiro atoms. The highest BCUT2D eigenvalue weighted by Crippen LogP contribution is 2.23. The Kier molecular flexibility index (Phi) is 6.90. The Labute approximate surface area is 188 Å². The van der Waals surface area contributed by atoms with Crippen LogP contribution >= 0.6 is 0 Å². The zero-order valence-electron chi connectivity index (χ0n) is 18.6. The maximum atomic E-state index is 12.5. The molecule has 2 heterocycles. The summed E-state index contributed by atoms with van der Waals surface area (Å²) in [5, 5.41) is 6.71. The van der Waals surface area contributed by atoms with Crippen LogP contribution in [0.15, 0.2) is 64.7 Å². The van der Waals surface area contributed by atoms with Crippen molar-refractivity contribution in [2.75, 3.05) is 25.0 Å². The van der Waals surface area contributed by atoms with E-state index in [1.807, 2.05) is 49.1 Å². The van der Waals surface area contributed by atoms with Crippen molar-refractivity contribution in [3.8, 4) is 5.75 Å². The standard InChI is InChI=1S/C26H29N3O3/c1-19-20(2)28-32-25(19)27-26(30)29-14-11-22(12-15-29)17-23-9-6-10-24(18-23)31-16-13-21-7-4-3-5-8-21/h3-10,17-18H,11-16H2,1-2H3,(H,27,30). The summed E-state index contributed by atoms with van der Waals surface area (Å²) in [4.78, 5) is 14.3. The van der Waals surface area contributed by atoms with Gasteiger partial charge in [-0.3, -0.25) is 5.32 Å². The predicted molar refractivity (Wildman–Crippen MR) is 126 cm³/mol. The first-order valence-electron chi connectivity index (χ1n) is 11.0. The molecule has 6 heteroatoms. The Morgan fingerprint density at radius 3 is 2.62 bits per heavy atom. The first kappa shape index (κ1) is 21.7. The van der Waals surface area contributed by atoms with Gasteiger partial charge in [0.2, 0.25) is 5.88 Å². The summed E-state index contributed by atoms with van der Waals surface area (Å²) in [5.41, 5.74) is 5.39. The number of amides is 2.